The van der Waals surface area contributed by atoms with Gasteiger partial charge >= 0.3 is 0 Å². The fraction of sp³-hybridized carbons (Fsp3) is 0.588. The molecule has 0 saturated carbocycles. The van der Waals surface area contributed by atoms with E-state index in [1.54, 1.807) is 4.88 Å². The van der Waals surface area contributed by atoms with E-state index in [0.29, 0.717) is 0 Å². The van der Waals surface area contributed by atoms with Crippen LogP contribution in [0.3, 0.4) is 0 Å². The number of piperidine rings is 1. The lowest BCUT2D eigenvalue weighted by molar-refractivity contribution is -0.0982. The summed E-state index contributed by atoms with van der Waals surface area (Å²) < 4.78 is 8.27. The molecule has 0 radical (unpaired) electrons. The van der Waals surface area contributed by atoms with Crippen LogP contribution in [0, 0.1) is 0 Å². The maximum atomic E-state index is 6.27. The Labute approximate surface area is 135 Å². The lowest BCUT2D eigenvalue weighted by atomic mass is 9.82. The van der Waals surface area contributed by atoms with Gasteiger partial charge in [-0.15, -0.1) is 11.3 Å². The van der Waals surface area contributed by atoms with E-state index < -0.39 is 0 Å². The Morgan fingerprint density at radius 2 is 2.18 bits per heavy atom. The molecule has 2 aromatic rings. The minimum atomic E-state index is -0.00708. The zero-order chi connectivity index (χ0) is 15.0. The van der Waals surface area contributed by atoms with Gasteiger partial charge in [-0.2, -0.15) is 5.10 Å². The van der Waals surface area contributed by atoms with Crippen molar-refractivity contribution in [3.63, 3.8) is 0 Å². The van der Waals surface area contributed by atoms with E-state index in [2.05, 4.69) is 40.6 Å². The summed E-state index contributed by atoms with van der Waals surface area (Å²) in [5.41, 5.74) is 2.64. The molecule has 0 bridgehead atoms. The summed E-state index contributed by atoms with van der Waals surface area (Å²) in [5.74, 6) is 0. The van der Waals surface area contributed by atoms with Crippen LogP contribution in [0.15, 0.2) is 23.7 Å². The van der Waals surface area contributed by atoms with Gasteiger partial charge in [0.15, 0.2) is 0 Å². The highest BCUT2D eigenvalue weighted by Crippen LogP contribution is 2.43. The van der Waals surface area contributed by atoms with Gasteiger partial charge in [0.05, 0.1) is 17.9 Å². The minimum Gasteiger partial charge on any atom is -0.370 e. The van der Waals surface area contributed by atoms with Crippen LogP contribution in [-0.4, -0.2) is 34.4 Å². The molecule has 0 atom stereocenters. The monoisotopic (exact) mass is 317 g/mol. The van der Waals surface area contributed by atoms with Gasteiger partial charge in [-0.1, -0.05) is 0 Å². The van der Waals surface area contributed by atoms with Gasteiger partial charge in [-0.05, 0) is 42.8 Å². The predicted octanol–water partition coefficient (Wildman–Crippen LogP) is 3.03. The third kappa shape index (κ3) is 2.51. The Morgan fingerprint density at radius 1 is 1.32 bits per heavy atom. The molecule has 0 unspecified atom stereocenters. The number of thiophene rings is 1. The molecule has 4 nitrogen and oxygen atoms in total. The van der Waals surface area contributed by atoms with E-state index in [1.807, 2.05) is 16.0 Å². The molecule has 2 aromatic heterocycles. The number of aryl methyl sites for hydroxylation is 1. The van der Waals surface area contributed by atoms with Crippen molar-refractivity contribution in [1.29, 1.82) is 0 Å². The van der Waals surface area contributed by atoms with Crippen molar-refractivity contribution in [2.24, 2.45) is 0 Å². The van der Waals surface area contributed by atoms with Crippen molar-refractivity contribution in [2.75, 3.05) is 19.7 Å². The molecular formula is C17H23N3OS. The molecule has 22 heavy (non-hydrogen) atoms. The Balaban J connectivity index is 1.43. The first kappa shape index (κ1) is 14.4. The first-order valence-corrected chi connectivity index (χ1v) is 9.12. The topological polar surface area (TPSA) is 30.3 Å². The van der Waals surface area contributed by atoms with Crippen LogP contribution in [0.5, 0.6) is 0 Å². The van der Waals surface area contributed by atoms with Crippen molar-refractivity contribution in [3.8, 4) is 0 Å². The van der Waals surface area contributed by atoms with Crippen LogP contribution in [0.25, 0.3) is 0 Å². The van der Waals surface area contributed by atoms with Crippen LogP contribution in [-0.2, 0) is 29.8 Å². The van der Waals surface area contributed by atoms with Gasteiger partial charge in [-0.25, -0.2) is 0 Å². The molecule has 0 amide bonds. The van der Waals surface area contributed by atoms with Crippen molar-refractivity contribution < 1.29 is 4.74 Å². The van der Waals surface area contributed by atoms with Crippen LogP contribution in [0.1, 0.15) is 35.9 Å². The minimum absolute atomic E-state index is 0.00708. The summed E-state index contributed by atoms with van der Waals surface area (Å²) in [4.78, 5) is 4.05. The molecule has 1 fully saturated rings. The standard InChI is InChI=1S/C17H23N3OS/c1-2-20-8-3-14(18-20)13-19-9-6-17(7-10-19)15-5-12-22-16(15)4-11-21-17/h3,5,8,12H,2,4,6-7,9-11,13H2,1H3. The van der Waals surface area contributed by atoms with E-state index in [9.17, 15) is 0 Å². The van der Waals surface area contributed by atoms with Gasteiger partial charge in [0.25, 0.3) is 0 Å². The number of ether oxygens (including phenoxy) is 1. The molecule has 2 aliphatic rings. The Morgan fingerprint density at radius 3 is 2.95 bits per heavy atom. The molecule has 5 heteroatoms. The molecular weight excluding hydrogens is 294 g/mol. The van der Waals surface area contributed by atoms with Crippen molar-refractivity contribution in [2.45, 2.75) is 44.9 Å². The second-order valence-corrected chi connectivity index (χ2v) is 7.29. The van der Waals surface area contributed by atoms with E-state index in [4.69, 9.17) is 4.74 Å². The number of nitrogens with zero attached hydrogens (tertiary/aromatic N) is 3. The molecule has 0 aromatic carbocycles. The summed E-state index contributed by atoms with van der Waals surface area (Å²) in [6.07, 6.45) is 5.37. The number of rotatable bonds is 3. The number of hydrogen-bond donors (Lipinski definition) is 0. The van der Waals surface area contributed by atoms with E-state index in [-0.39, 0.29) is 5.60 Å². The third-order valence-corrected chi connectivity index (χ3v) is 5.99. The highest BCUT2D eigenvalue weighted by Gasteiger charge is 2.41. The molecule has 1 saturated heterocycles. The molecule has 4 heterocycles. The first-order chi connectivity index (χ1) is 10.8. The third-order valence-electron chi connectivity index (χ3n) is 5.01. The zero-order valence-electron chi connectivity index (χ0n) is 13.1. The van der Waals surface area contributed by atoms with Gasteiger partial charge in [-0.3, -0.25) is 9.58 Å². The van der Waals surface area contributed by atoms with Gasteiger partial charge in [0.2, 0.25) is 0 Å². The SMILES string of the molecule is CCn1ccc(CN2CCC3(CC2)OCCc2sccc23)n1. The lowest BCUT2D eigenvalue weighted by Crippen LogP contribution is -2.45. The largest absolute Gasteiger partial charge is 0.370 e. The number of aromatic nitrogens is 2. The number of fused-ring (bicyclic) bond motifs is 2. The smallest absolute Gasteiger partial charge is 0.0966 e. The van der Waals surface area contributed by atoms with Gasteiger partial charge < -0.3 is 4.74 Å². The predicted molar refractivity (Wildman–Crippen MR) is 88.1 cm³/mol. The average Bonchev–Trinajstić information content (AvgIpc) is 3.19. The molecule has 0 aliphatic carbocycles. The molecule has 2 aliphatic heterocycles. The van der Waals surface area contributed by atoms with Gasteiger partial charge in [0, 0.05) is 43.7 Å². The summed E-state index contributed by atoms with van der Waals surface area (Å²) in [6, 6.07) is 4.43. The summed E-state index contributed by atoms with van der Waals surface area (Å²) in [5, 5.41) is 6.83. The van der Waals surface area contributed by atoms with Crippen LogP contribution >= 0.6 is 11.3 Å². The fourth-order valence-corrected chi connectivity index (χ4v) is 4.69. The molecule has 1 spiro atoms. The van der Waals surface area contributed by atoms with Crippen molar-refractivity contribution >= 4 is 11.3 Å². The highest BCUT2D eigenvalue weighted by molar-refractivity contribution is 7.10. The average molecular weight is 317 g/mol. The first-order valence-electron chi connectivity index (χ1n) is 8.24. The summed E-state index contributed by atoms with van der Waals surface area (Å²) >= 11 is 1.90. The van der Waals surface area contributed by atoms with E-state index in [1.165, 1.54) is 11.3 Å². The number of hydrogen-bond acceptors (Lipinski definition) is 4. The zero-order valence-corrected chi connectivity index (χ0v) is 13.9. The second kappa shape index (κ2) is 5.80. The maximum absolute atomic E-state index is 6.27. The normalized spacial score (nSPS) is 21.1. The fourth-order valence-electron chi connectivity index (χ4n) is 3.74. The number of likely N-dealkylation sites (tertiary alicyclic amines) is 1. The van der Waals surface area contributed by atoms with Crippen molar-refractivity contribution in [3.05, 3.63) is 39.8 Å². The van der Waals surface area contributed by atoms with Crippen LogP contribution in [0.4, 0.5) is 0 Å². The highest BCUT2D eigenvalue weighted by atomic mass is 32.1. The summed E-state index contributed by atoms with van der Waals surface area (Å²) in [7, 11) is 0. The van der Waals surface area contributed by atoms with Gasteiger partial charge in [0.1, 0.15) is 0 Å². The van der Waals surface area contributed by atoms with E-state index in [0.717, 1.165) is 52.0 Å². The maximum Gasteiger partial charge on any atom is 0.0966 e. The van der Waals surface area contributed by atoms with Crippen LogP contribution in [0.2, 0.25) is 0 Å². The lowest BCUT2D eigenvalue weighted by Gasteiger charge is -2.44. The van der Waals surface area contributed by atoms with E-state index >= 15 is 0 Å². The van der Waals surface area contributed by atoms with Crippen LogP contribution < -0.4 is 0 Å². The Hall–Kier alpha value is -1.17. The quantitative estimate of drug-likeness (QED) is 0.872. The van der Waals surface area contributed by atoms with Crippen molar-refractivity contribution in [1.82, 2.24) is 14.7 Å². The molecule has 0 N–H and O–H groups in total. The summed E-state index contributed by atoms with van der Waals surface area (Å²) in [6.45, 7) is 7.09. The Bertz CT molecular complexity index is 640. The second-order valence-electron chi connectivity index (χ2n) is 6.29. The Kier molecular flexibility index (Phi) is 3.80. The molecule has 4 rings (SSSR count). The molecule has 118 valence electrons.